The predicted molar refractivity (Wildman–Crippen MR) is 61.9 cm³/mol. The molecule has 1 aliphatic rings. The van der Waals surface area contributed by atoms with Crippen LogP contribution in [-0.4, -0.2) is 49.8 Å². The number of aryl methyl sites for hydroxylation is 1. The van der Waals surface area contributed by atoms with Gasteiger partial charge in [0.1, 0.15) is 6.04 Å². The van der Waals surface area contributed by atoms with Crippen LogP contribution in [0.4, 0.5) is 4.79 Å². The number of carbonyl (C=O) groups is 2. The highest BCUT2D eigenvalue weighted by Gasteiger charge is 2.34. The minimum Gasteiger partial charge on any atom is -0.480 e. The maximum atomic E-state index is 11.8. The molecule has 1 fully saturated rings. The molecule has 2 N–H and O–H groups in total. The van der Waals surface area contributed by atoms with E-state index in [0.717, 1.165) is 0 Å². The van der Waals surface area contributed by atoms with E-state index in [1.165, 1.54) is 16.7 Å². The molecule has 0 saturated carbocycles. The molecular formula is C9H12N4O4S. The lowest BCUT2D eigenvalue weighted by Gasteiger charge is -2.20. The van der Waals surface area contributed by atoms with Gasteiger partial charge in [0.15, 0.2) is 5.82 Å². The average Bonchev–Trinajstić information content (AvgIpc) is 2.94. The Morgan fingerprint density at radius 3 is 3.06 bits per heavy atom. The lowest BCUT2D eigenvalue weighted by atomic mass is 10.3. The second kappa shape index (κ2) is 5.25. The normalized spacial score (nSPS) is 18.9. The van der Waals surface area contributed by atoms with Crippen LogP contribution in [0.15, 0.2) is 4.52 Å². The van der Waals surface area contributed by atoms with E-state index in [4.69, 9.17) is 9.63 Å². The third kappa shape index (κ3) is 2.73. The summed E-state index contributed by atoms with van der Waals surface area (Å²) in [7, 11) is 0. The summed E-state index contributed by atoms with van der Waals surface area (Å²) in [5.74, 6) is 0.558. The zero-order chi connectivity index (χ0) is 13.1. The molecule has 8 nitrogen and oxygen atoms in total. The number of hydrogen-bond donors (Lipinski definition) is 2. The van der Waals surface area contributed by atoms with Gasteiger partial charge in [0.25, 0.3) is 0 Å². The van der Waals surface area contributed by atoms with Crippen molar-refractivity contribution in [3.63, 3.8) is 0 Å². The monoisotopic (exact) mass is 272 g/mol. The van der Waals surface area contributed by atoms with Crippen LogP contribution < -0.4 is 5.32 Å². The molecule has 18 heavy (non-hydrogen) atoms. The summed E-state index contributed by atoms with van der Waals surface area (Å²) in [5.41, 5.74) is 0. The topological polar surface area (TPSA) is 109 Å². The van der Waals surface area contributed by atoms with E-state index in [2.05, 4.69) is 15.5 Å². The Hall–Kier alpha value is -1.77. The van der Waals surface area contributed by atoms with Crippen LogP contribution in [0.3, 0.4) is 0 Å². The van der Waals surface area contributed by atoms with E-state index < -0.39 is 18.0 Å². The van der Waals surface area contributed by atoms with Gasteiger partial charge in [0.05, 0.1) is 12.4 Å². The summed E-state index contributed by atoms with van der Waals surface area (Å²) in [6.45, 7) is 1.76. The number of carbonyl (C=O) groups excluding carboxylic acids is 1. The first-order valence-corrected chi connectivity index (χ1v) is 6.37. The maximum absolute atomic E-state index is 11.8. The van der Waals surface area contributed by atoms with Gasteiger partial charge in [-0.3, -0.25) is 0 Å². The van der Waals surface area contributed by atoms with Gasteiger partial charge in [-0.1, -0.05) is 5.16 Å². The number of hydrogen-bond acceptors (Lipinski definition) is 6. The van der Waals surface area contributed by atoms with E-state index >= 15 is 0 Å². The van der Waals surface area contributed by atoms with Crippen molar-refractivity contribution in [1.82, 2.24) is 20.4 Å². The van der Waals surface area contributed by atoms with Crippen molar-refractivity contribution in [2.45, 2.75) is 19.5 Å². The van der Waals surface area contributed by atoms with Crippen LogP contribution in [0.25, 0.3) is 0 Å². The molecule has 0 spiro atoms. The van der Waals surface area contributed by atoms with Crippen LogP contribution in [0.1, 0.15) is 11.7 Å². The Labute approximate surface area is 107 Å². The number of aromatic nitrogens is 2. The van der Waals surface area contributed by atoms with Crippen molar-refractivity contribution in [3.05, 3.63) is 11.7 Å². The molecule has 98 valence electrons. The number of nitrogens with one attached hydrogen (secondary N) is 1. The molecule has 1 aliphatic heterocycles. The Morgan fingerprint density at radius 2 is 2.44 bits per heavy atom. The Morgan fingerprint density at radius 1 is 1.67 bits per heavy atom. The standard InChI is InChI=1S/C9H12N4O4S/c1-5-11-7(12-17-5)2-10-9(16)13-4-18-3-6(13)8(14)15/h6H,2-4H2,1H3,(H,10,16)(H,14,15)/t6-/m0/s1. The highest BCUT2D eigenvalue weighted by Crippen LogP contribution is 2.20. The van der Waals surface area contributed by atoms with Gasteiger partial charge in [0.2, 0.25) is 5.89 Å². The summed E-state index contributed by atoms with van der Waals surface area (Å²) >= 11 is 1.41. The lowest BCUT2D eigenvalue weighted by molar-refractivity contribution is -0.140. The SMILES string of the molecule is Cc1nc(CNC(=O)N2CSC[C@H]2C(=O)O)no1. The minimum atomic E-state index is -0.995. The molecule has 1 atom stereocenters. The Bertz CT molecular complexity index is 463. The van der Waals surface area contributed by atoms with E-state index in [1.807, 2.05) is 0 Å². The van der Waals surface area contributed by atoms with Crippen LogP contribution in [0, 0.1) is 6.92 Å². The molecule has 0 unspecified atom stereocenters. The maximum Gasteiger partial charge on any atom is 0.327 e. The number of thioether (sulfide) groups is 1. The zero-order valence-corrected chi connectivity index (χ0v) is 10.4. The van der Waals surface area contributed by atoms with Crippen LogP contribution in [0.2, 0.25) is 0 Å². The van der Waals surface area contributed by atoms with Crippen LogP contribution in [0.5, 0.6) is 0 Å². The molecule has 0 aliphatic carbocycles. The molecule has 0 bridgehead atoms. The van der Waals surface area contributed by atoms with E-state index in [9.17, 15) is 9.59 Å². The summed E-state index contributed by atoms with van der Waals surface area (Å²) in [5, 5.41) is 15.1. The second-order valence-electron chi connectivity index (χ2n) is 3.71. The molecule has 9 heteroatoms. The largest absolute Gasteiger partial charge is 0.480 e. The highest BCUT2D eigenvalue weighted by atomic mass is 32.2. The quantitative estimate of drug-likeness (QED) is 0.800. The average molecular weight is 272 g/mol. The molecule has 2 amide bonds. The van der Waals surface area contributed by atoms with Crippen molar-refractivity contribution >= 4 is 23.8 Å². The number of aliphatic carboxylic acids is 1. The van der Waals surface area contributed by atoms with Crippen LogP contribution >= 0.6 is 11.8 Å². The smallest absolute Gasteiger partial charge is 0.327 e. The fraction of sp³-hybridized carbons (Fsp3) is 0.556. The number of carboxylic acid groups (broad SMARTS) is 1. The molecule has 1 aromatic heterocycles. The molecule has 1 saturated heterocycles. The zero-order valence-electron chi connectivity index (χ0n) is 9.62. The Balaban J connectivity index is 1.89. The molecular weight excluding hydrogens is 260 g/mol. The fourth-order valence-corrected chi connectivity index (χ4v) is 2.66. The first-order chi connectivity index (χ1) is 8.58. The van der Waals surface area contributed by atoms with E-state index in [-0.39, 0.29) is 6.54 Å². The Kier molecular flexibility index (Phi) is 3.70. The summed E-state index contributed by atoms with van der Waals surface area (Å²) in [6, 6.07) is -1.21. The molecule has 2 rings (SSSR count). The number of rotatable bonds is 3. The molecule has 0 aromatic carbocycles. The highest BCUT2D eigenvalue weighted by molar-refractivity contribution is 7.99. The summed E-state index contributed by atoms with van der Waals surface area (Å²) in [4.78, 5) is 27.9. The van der Waals surface area contributed by atoms with E-state index in [1.54, 1.807) is 6.92 Å². The molecule has 0 radical (unpaired) electrons. The van der Waals surface area contributed by atoms with Crippen molar-refractivity contribution in [3.8, 4) is 0 Å². The van der Waals surface area contributed by atoms with Gasteiger partial charge in [-0.25, -0.2) is 9.59 Å². The summed E-state index contributed by atoms with van der Waals surface area (Å²) < 4.78 is 4.76. The number of urea groups is 1. The first kappa shape index (κ1) is 12.7. The number of amides is 2. The van der Waals surface area contributed by atoms with Gasteiger partial charge >= 0.3 is 12.0 Å². The number of carboxylic acids is 1. The molecule has 2 heterocycles. The molecule has 1 aromatic rings. The second-order valence-corrected chi connectivity index (χ2v) is 4.71. The van der Waals surface area contributed by atoms with Crippen molar-refractivity contribution in [1.29, 1.82) is 0 Å². The van der Waals surface area contributed by atoms with Gasteiger partial charge < -0.3 is 19.8 Å². The van der Waals surface area contributed by atoms with Crippen molar-refractivity contribution in [2.75, 3.05) is 11.6 Å². The van der Waals surface area contributed by atoms with Gasteiger partial charge in [-0.15, -0.1) is 11.8 Å². The van der Waals surface area contributed by atoms with Crippen molar-refractivity contribution in [2.24, 2.45) is 0 Å². The minimum absolute atomic E-state index is 0.115. The number of nitrogens with zero attached hydrogens (tertiary/aromatic N) is 3. The first-order valence-electron chi connectivity index (χ1n) is 5.22. The third-order valence-electron chi connectivity index (χ3n) is 2.40. The fourth-order valence-electron chi connectivity index (χ4n) is 1.52. The van der Waals surface area contributed by atoms with Gasteiger partial charge in [-0.2, -0.15) is 4.98 Å². The lowest BCUT2D eigenvalue weighted by Crippen LogP contribution is -2.46. The predicted octanol–water partition coefficient (Wildman–Crippen LogP) is 0.0471. The van der Waals surface area contributed by atoms with E-state index in [0.29, 0.717) is 23.3 Å². The van der Waals surface area contributed by atoms with Crippen LogP contribution in [-0.2, 0) is 11.3 Å². The summed E-state index contributed by atoms with van der Waals surface area (Å²) in [6.07, 6.45) is 0. The third-order valence-corrected chi connectivity index (χ3v) is 3.41. The van der Waals surface area contributed by atoms with Crippen molar-refractivity contribution < 1.29 is 19.2 Å². The van der Waals surface area contributed by atoms with Gasteiger partial charge in [0, 0.05) is 12.7 Å². The van der Waals surface area contributed by atoms with Gasteiger partial charge in [-0.05, 0) is 0 Å².